The van der Waals surface area contributed by atoms with E-state index in [-0.39, 0.29) is 101 Å². The van der Waals surface area contributed by atoms with Crippen molar-refractivity contribution >= 4 is 0 Å². The van der Waals surface area contributed by atoms with Gasteiger partial charge in [-0.1, -0.05) is 77.1 Å². The Labute approximate surface area is 400 Å². The van der Waals surface area contributed by atoms with Gasteiger partial charge in [0.05, 0.1) is 0 Å². The van der Waals surface area contributed by atoms with E-state index in [1.54, 1.807) is 6.07 Å². The predicted octanol–water partition coefficient (Wildman–Crippen LogP) is 12.1. The van der Waals surface area contributed by atoms with E-state index in [4.69, 9.17) is 14.2 Å². The molecule has 0 saturated carbocycles. The van der Waals surface area contributed by atoms with Crippen LogP contribution in [0.2, 0.25) is 0 Å². The zero-order valence-corrected chi connectivity index (χ0v) is 41.2. The van der Waals surface area contributed by atoms with Crippen molar-refractivity contribution in [2.45, 2.75) is 98.9 Å². The smallest absolute Gasteiger partial charge is 0.157 e. The van der Waals surface area contributed by atoms with Crippen molar-refractivity contribution in [3.05, 3.63) is 169 Å². The maximum atomic E-state index is 11.7. The summed E-state index contributed by atoms with van der Waals surface area (Å²) in [5.41, 5.74) is 14.4. The molecule has 8 atom stereocenters. The average Bonchev–Trinajstić information content (AvgIpc) is 3.22. The van der Waals surface area contributed by atoms with Gasteiger partial charge in [-0.05, 0) is 97.0 Å². The molecular formula is C54H54Mo2O7-2. The van der Waals surface area contributed by atoms with Gasteiger partial charge in [-0.3, -0.25) is 0 Å². The van der Waals surface area contributed by atoms with E-state index in [1.807, 2.05) is 13.0 Å². The van der Waals surface area contributed by atoms with Gasteiger partial charge in [0.25, 0.3) is 0 Å². The maximum absolute atomic E-state index is 11.7. The van der Waals surface area contributed by atoms with Gasteiger partial charge in [-0.2, -0.15) is 35.4 Å². The molecule has 3 heterocycles. The van der Waals surface area contributed by atoms with Gasteiger partial charge in [0, 0.05) is 89.1 Å². The van der Waals surface area contributed by atoms with Crippen molar-refractivity contribution in [1.82, 2.24) is 0 Å². The first-order valence-electron chi connectivity index (χ1n) is 21.4. The SMILES string of the molecule is Cc1ccc(C2Oc3c(C4c5c(C)c[c-]c(C6c7c(O)cc(O)cc7OC(c7ccc(O)c(O)c7)C6C)c5OC(c5ccc(C)c(C)c5)C4C)[c-]cc(C)c3CC2C)cc1C.[Mo].[Mo]. The van der Waals surface area contributed by atoms with E-state index < -0.39 is 12.0 Å². The minimum absolute atomic E-state index is 0. The molecule has 0 aliphatic carbocycles. The Hall–Kier alpha value is -4.70. The number of rotatable bonds is 5. The fraction of sp³-hybridized carbons (Fsp3) is 0.333. The number of fused-ring (bicyclic) bond motifs is 3. The molecule has 0 bridgehead atoms. The number of aryl methyl sites for hydroxylation is 6. The largest absolute Gasteiger partial charge is 0.543 e. The number of ether oxygens (including phenoxy) is 3. The third-order valence-corrected chi connectivity index (χ3v) is 14.0. The van der Waals surface area contributed by atoms with Gasteiger partial charge in [0.1, 0.15) is 35.6 Å². The Bertz CT molecular complexity index is 2730. The Kier molecular flexibility index (Phi) is 13.0. The van der Waals surface area contributed by atoms with Crippen LogP contribution in [-0.2, 0) is 48.6 Å². The molecule has 7 nitrogen and oxygen atoms in total. The predicted molar refractivity (Wildman–Crippen MR) is 236 cm³/mol. The molecule has 6 aromatic carbocycles. The Morgan fingerprint density at radius 2 is 1.02 bits per heavy atom. The maximum Gasteiger partial charge on any atom is 0.157 e. The molecule has 8 unspecified atom stereocenters. The summed E-state index contributed by atoms with van der Waals surface area (Å²) >= 11 is 0. The molecule has 4 N–H and O–H groups in total. The average molecular weight is 1010 g/mol. The van der Waals surface area contributed by atoms with Gasteiger partial charge in [0.15, 0.2) is 11.5 Å². The fourth-order valence-electron chi connectivity index (χ4n) is 10.3. The van der Waals surface area contributed by atoms with Gasteiger partial charge in [-0.25, -0.2) is 0 Å². The van der Waals surface area contributed by atoms with Crippen LogP contribution in [0.15, 0.2) is 78.9 Å². The van der Waals surface area contributed by atoms with Crippen LogP contribution >= 0.6 is 0 Å². The van der Waals surface area contributed by atoms with Crippen LogP contribution in [0, 0.1) is 71.4 Å². The van der Waals surface area contributed by atoms with E-state index in [2.05, 4.69) is 110 Å². The molecule has 6 aromatic rings. The van der Waals surface area contributed by atoms with E-state index in [0.717, 1.165) is 45.6 Å². The second kappa shape index (κ2) is 17.7. The summed E-state index contributed by atoms with van der Waals surface area (Å²) in [6.07, 6.45) is -0.279. The summed E-state index contributed by atoms with van der Waals surface area (Å²) < 4.78 is 21.3. The molecular weight excluding hydrogens is 952 g/mol. The van der Waals surface area contributed by atoms with Crippen LogP contribution in [0.1, 0.15) is 129 Å². The first-order valence-corrected chi connectivity index (χ1v) is 21.4. The minimum atomic E-state index is -0.639. The quantitative estimate of drug-likeness (QED) is 0.0774. The Balaban J connectivity index is 0.00000298. The van der Waals surface area contributed by atoms with Crippen LogP contribution in [0.5, 0.6) is 40.2 Å². The molecule has 9 rings (SSSR count). The van der Waals surface area contributed by atoms with Crippen molar-refractivity contribution in [3.63, 3.8) is 0 Å². The van der Waals surface area contributed by atoms with E-state index in [1.165, 1.54) is 57.6 Å². The number of phenolic OH excluding ortho intramolecular Hbond substituents is 4. The number of hydrogen-bond acceptors (Lipinski definition) is 7. The third kappa shape index (κ3) is 7.97. The van der Waals surface area contributed by atoms with Crippen molar-refractivity contribution in [3.8, 4) is 40.2 Å². The molecule has 0 spiro atoms. The summed E-state index contributed by atoms with van der Waals surface area (Å²) in [4.78, 5) is 0. The zero-order chi connectivity index (χ0) is 43.2. The molecule has 326 valence electrons. The van der Waals surface area contributed by atoms with Crippen molar-refractivity contribution < 1.29 is 76.8 Å². The first kappa shape index (κ1) is 46.3. The number of phenols is 4. The van der Waals surface area contributed by atoms with Gasteiger partial charge in [0.2, 0.25) is 0 Å². The molecule has 63 heavy (non-hydrogen) atoms. The van der Waals surface area contributed by atoms with Crippen LogP contribution in [0.25, 0.3) is 0 Å². The fourth-order valence-corrected chi connectivity index (χ4v) is 10.3. The summed E-state index contributed by atoms with van der Waals surface area (Å²) in [5.74, 6) is 0.250. The van der Waals surface area contributed by atoms with Gasteiger partial charge in [-0.15, -0.1) is 22.3 Å². The van der Waals surface area contributed by atoms with Crippen LogP contribution in [0.4, 0.5) is 0 Å². The number of aromatic hydroxyl groups is 4. The van der Waals surface area contributed by atoms with Gasteiger partial charge >= 0.3 is 0 Å². The summed E-state index contributed by atoms with van der Waals surface area (Å²) in [5, 5.41) is 43.2. The Morgan fingerprint density at radius 3 is 1.63 bits per heavy atom. The normalized spacial score (nSPS) is 23.3. The molecule has 9 heteroatoms. The first-order chi connectivity index (χ1) is 29.1. The van der Waals surface area contributed by atoms with Crippen LogP contribution < -0.4 is 14.2 Å². The van der Waals surface area contributed by atoms with Gasteiger partial charge < -0.3 is 34.6 Å². The van der Waals surface area contributed by atoms with Crippen molar-refractivity contribution in [1.29, 1.82) is 0 Å². The molecule has 3 aliphatic rings. The van der Waals surface area contributed by atoms with Crippen LogP contribution in [-0.4, -0.2) is 20.4 Å². The van der Waals surface area contributed by atoms with E-state index in [9.17, 15) is 20.4 Å². The topological polar surface area (TPSA) is 109 Å². The molecule has 0 fully saturated rings. The monoisotopic (exact) mass is 1010 g/mol. The minimum Gasteiger partial charge on any atom is -0.543 e. The number of benzene rings is 6. The molecule has 0 aromatic heterocycles. The molecule has 0 radical (unpaired) electrons. The second-order valence-corrected chi connectivity index (χ2v) is 18.1. The van der Waals surface area contributed by atoms with Crippen molar-refractivity contribution in [2.24, 2.45) is 17.8 Å². The molecule has 3 aliphatic heterocycles. The van der Waals surface area contributed by atoms with Crippen LogP contribution in [0.3, 0.4) is 0 Å². The second-order valence-electron chi connectivity index (χ2n) is 18.1. The number of hydrogen-bond donors (Lipinski definition) is 4. The Morgan fingerprint density at radius 1 is 0.492 bits per heavy atom. The summed E-state index contributed by atoms with van der Waals surface area (Å²) in [6, 6.07) is 32.3. The van der Waals surface area contributed by atoms with Crippen molar-refractivity contribution in [2.75, 3.05) is 0 Å². The summed E-state index contributed by atoms with van der Waals surface area (Å²) in [7, 11) is 0. The standard InChI is InChI=1S/C54H54O7.2Mo/c1-26-10-14-35(20-30(26)5)50-32(7)22-41-28(3)12-17-39(53(41)60-50)47-33(8)52(36-15-11-27(2)31(6)21-36)61-54-40(18-13-29(4)46(47)54)48-34(9)51(37-16-19-42(56)43(57)23-37)59-45-25-38(55)24-44(58)49(45)48;;/h10-16,19-21,23-25,32-34,47-48,50-52,55-58H,22H2,1-9H3;;/q-2;;. The molecule has 0 amide bonds. The van der Waals surface area contributed by atoms with E-state index in [0.29, 0.717) is 22.6 Å². The zero-order valence-electron chi connectivity index (χ0n) is 37.2. The summed E-state index contributed by atoms with van der Waals surface area (Å²) in [6.45, 7) is 19.4. The molecule has 0 saturated heterocycles. The third-order valence-electron chi connectivity index (χ3n) is 14.0. The van der Waals surface area contributed by atoms with E-state index >= 15 is 0 Å².